The normalized spacial score (nSPS) is 26.9. The van der Waals surface area contributed by atoms with Crippen LogP contribution in [-0.4, -0.2) is 165 Å². The number of phenols is 4. The van der Waals surface area contributed by atoms with E-state index >= 15 is 0 Å². The number of fused-ring (bicyclic) bond motifs is 6. The van der Waals surface area contributed by atoms with Crippen molar-refractivity contribution in [3.8, 4) is 34.5 Å². The Morgan fingerprint density at radius 3 is 1.40 bits per heavy atom. The molecular formula is C59H68N2O21. The summed E-state index contributed by atoms with van der Waals surface area (Å²) in [6, 6.07) is 8.00. The highest BCUT2D eigenvalue weighted by atomic mass is 16.7. The van der Waals surface area contributed by atoms with E-state index in [0.29, 0.717) is 13.0 Å². The fourth-order valence-electron chi connectivity index (χ4n) is 11.9. The summed E-state index contributed by atoms with van der Waals surface area (Å²) in [5.41, 5.74) is 4.86. The summed E-state index contributed by atoms with van der Waals surface area (Å²) in [6.45, 7) is 6.16. The molecule has 4 aliphatic carbocycles. The van der Waals surface area contributed by atoms with Crippen molar-refractivity contribution in [1.82, 2.24) is 5.32 Å². The van der Waals surface area contributed by atoms with E-state index in [9.17, 15) is 74.4 Å². The number of phenolic OH excluding ortho intramolecular Hbond substituents is 4. The number of aliphatic hydroxyl groups excluding tert-OH is 4. The lowest BCUT2D eigenvalue weighted by atomic mass is 9.73. The van der Waals surface area contributed by atoms with E-state index in [0.717, 1.165) is 6.29 Å². The van der Waals surface area contributed by atoms with Gasteiger partial charge in [-0.3, -0.25) is 28.8 Å². The standard InChI is InChI=1S/C29H33NO10.C27H29NO10.C3H6O/c1-4-30-16-10-20(39-12(2)25(16)33)40-19-9-13(17(32)11-31)8-15-22(19)29(37)24-23(27(15)35)26(34)14-6-5-7-18(38-3)21(14)28(24)36;1-10-23(31)14(28)8-18(37-10)38-17-7-11(15(30)9-29)6-13-20(17)27(35)22-21(25(13)33)24(32)12-4-3-5-16(36-2)19(12)26(22)34;1-2-3-4/h5-7,12-13,16,19-20,25,30-31,33,35,37H,4,8-11H2,1-3H3;3-5,10-11,14,17-18,23,29,31,33,35H,6-9,28H2,1-2H3;3H,2H2,1H3/t12-,13+,16-,19-,20-,25-;10-,11+,14-,17-,18-,23-;/m00./s1. The van der Waals surface area contributed by atoms with Crippen LogP contribution in [0.1, 0.15) is 158 Å². The van der Waals surface area contributed by atoms with Gasteiger partial charge in [0.2, 0.25) is 11.6 Å². The highest BCUT2D eigenvalue weighted by Gasteiger charge is 2.48. The van der Waals surface area contributed by atoms with Crippen LogP contribution in [0.5, 0.6) is 34.5 Å². The van der Waals surface area contributed by atoms with Crippen LogP contribution in [-0.2, 0) is 46.2 Å². The molecule has 10 rings (SSSR count). The van der Waals surface area contributed by atoms with E-state index in [1.54, 1.807) is 19.9 Å². The lowest BCUT2D eigenvalue weighted by molar-refractivity contribution is -0.246. The second-order valence-electron chi connectivity index (χ2n) is 20.9. The van der Waals surface area contributed by atoms with E-state index < -0.39 is 138 Å². The van der Waals surface area contributed by atoms with Crippen LogP contribution in [0.2, 0.25) is 0 Å². The lowest BCUT2D eigenvalue weighted by Crippen LogP contribution is -2.54. The Morgan fingerprint density at radius 2 is 1.02 bits per heavy atom. The van der Waals surface area contributed by atoms with Crippen molar-refractivity contribution in [1.29, 1.82) is 0 Å². The van der Waals surface area contributed by atoms with E-state index in [-0.39, 0.29) is 123 Å². The van der Waals surface area contributed by atoms with Gasteiger partial charge in [-0.2, -0.15) is 0 Å². The number of hydrogen-bond donors (Lipinski definition) is 10. The Balaban J connectivity index is 0.000000202. The number of likely N-dealkylation sites (N-methyl/N-ethyl adjacent to an activating group) is 1. The number of nitrogens with one attached hydrogen (secondary N) is 1. The van der Waals surface area contributed by atoms with Gasteiger partial charge in [-0.15, -0.1) is 0 Å². The van der Waals surface area contributed by atoms with Gasteiger partial charge in [-0.25, -0.2) is 0 Å². The Kier molecular flexibility index (Phi) is 18.8. The molecule has 0 radical (unpaired) electrons. The van der Waals surface area contributed by atoms with Crippen molar-refractivity contribution in [2.24, 2.45) is 17.6 Å². The molecule has 4 aromatic carbocycles. The SMILES string of the molecule is CCC=O.CCN[C@H]1C[C@H](O[C@H]2C[C@H](C(=O)CO)Cc3c(O)c4c(c(O)c32)C(=O)c2c(OC)cccc2C4=O)O[C@@H](C)[C@@H]1O.COc1cccc2c1C(=O)c1c(O)c3c(c(O)c1C2=O)C[C@@H](C(=O)CO)C[C@@H]3O[C@H]1C[C@H](N)[C@@H](O)[C@H](C)O1. The number of carbonyl (C=O) groups excluding carboxylic acids is 7. The minimum Gasteiger partial charge on any atom is -0.507 e. The van der Waals surface area contributed by atoms with E-state index in [2.05, 4.69) is 5.32 Å². The van der Waals surface area contributed by atoms with E-state index in [1.807, 2.05) is 13.8 Å². The number of ether oxygens (including phenoxy) is 6. The van der Waals surface area contributed by atoms with Gasteiger partial charge < -0.3 is 85.1 Å². The Morgan fingerprint density at radius 1 is 0.622 bits per heavy atom. The maximum absolute atomic E-state index is 13.7. The molecule has 0 bridgehead atoms. The number of Topliss-reactive ketones (excluding diaryl/α,β-unsaturated/α-hetero) is 2. The molecule has 11 N–H and O–H groups in total. The predicted molar refractivity (Wildman–Crippen MR) is 286 cm³/mol. The first-order valence-corrected chi connectivity index (χ1v) is 27.0. The summed E-state index contributed by atoms with van der Waals surface area (Å²) in [5, 5.41) is 88.7. The quantitative estimate of drug-likeness (QED) is 0.0587. The van der Waals surface area contributed by atoms with Gasteiger partial charge in [0.05, 0.1) is 84.2 Å². The Bertz CT molecular complexity index is 3180. The van der Waals surface area contributed by atoms with Gasteiger partial charge in [-0.1, -0.05) is 38.1 Å². The summed E-state index contributed by atoms with van der Waals surface area (Å²) in [6.07, 6.45) is -5.08. The molecule has 0 aromatic heterocycles. The number of rotatable bonds is 13. The van der Waals surface area contributed by atoms with Gasteiger partial charge in [-0.05, 0) is 58.2 Å². The minimum absolute atomic E-state index is 0.00621. The van der Waals surface area contributed by atoms with Crippen molar-refractivity contribution >= 4 is 41.0 Å². The molecule has 440 valence electrons. The van der Waals surface area contributed by atoms with Gasteiger partial charge in [0.25, 0.3) is 0 Å². The summed E-state index contributed by atoms with van der Waals surface area (Å²) in [4.78, 5) is 88.7. The first kappa shape index (κ1) is 61.1. The third-order valence-corrected chi connectivity index (χ3v) is 16.0. The van der Waals surface area contributed by atoms with Gasteiger partial charge in [0.1, 0.15) is 54.0 Å². The predicted octanol–water partition coefficient (Wildman–Crippen LogP) is 3.02. The lowest BCUT2D eigenvalue weighted by Gasteiger charge is -2.41. The zero-order valence-corrected chi connectivity index (χ0v) is 46.0. The van der Waals surface area contributed by atoms with Crippen LogP contribution < -0.4 is 20.5 Å². The smallest absolute Gasteiger partial charge is 0.202 e. The van der Waals surface area contributed by atoms with Crippen LogP contribution in [0.15, 0.2) is 36.4 Å². The molecule has 4 aromatic rings. The molecule has 2 fully saturated rings. The number of aldehydes is 1. The topological polar surface area (TPSA) is 375 Å². The van der Waals surface area contributed by atoms with Gasteiger partial charge in [0, 0.05) is 76.6 Å². The summed E-state index contributed by atoms with van der Waals surface area (Å²) in [5.74, 6) is -7.17. The van der Waals surface area contributed by atoms with Gasteiger partial charge in [0.15, 0.2) is 35.7 Å². The minimum atomic E-state index is -1.06. The maximum Gasteiger partial charge on any atom is 0.202 e. The summed E-state index contributed by atoms with van der Waals surface area (Å²) < 4.78 is 34.6. The Hall–Kier alpha value is -7.03. The molecule has 12 atom stereocenters. The highest BCUT2D eigenvalue weighted by Crippen LogP contribution is 2.54. The summed E-state index contributed by atoms with van der Waals surface area (Å²) in [7, 11) is 2.71. The number of hydrogen-bond acceptors (Lipinski definition) is 23. The van der Waals surface area contributed by atoms with Crippen LogP contribution in [0.25, 0.3) is 0 Å². The van der Waals surface area contributed by atoms with Crippen molar-refractivity contribution in [3.63, 3.8) is 0 Å². The molecule has 23 heteroatoms. The largest absolute Gasteiger partial charge is 0.507 e. The average molecular weight is 1140 g/mol. The number of ketones is 6. The molecule has 2 heterocycles. The second-order valence-corrected chi connectivity index (χ2v) is 20.9. The molecule has 0 amide bonds. The number of carbonyl (C=O) groups is 7. The van der Waals surface area contributed by atoms with E-state index in [4.69, 9.17) is 34.2 Å². The number of aliphatic hydroxyl groups is 4. The van der Waals surface area contributed by atoms with Crippen LogP contribution in [0, 0.1) is 11.8 Å². The third-order valence-electron chi connectivity index (χ3n) is 16.0. The average Bonchev–Trinajstić information content (AvgIpc) is 1.54. The van der Waals surface area contributed by atoms with Crippen molar-refractivity contribution < 1.29 is 103 Å². The molecular weight excluding hydrogens is 1070 g/mol. The number of nitrogens with two attached hydrogens (primary N) is 1. The number of aromatic hydroxyl groups is 4. The van der Waals surface area contributed by atoms with E-state index in [1.165, 1.54) is 44.6 Å². The monoisotopic (exact) mass is 1140 g/mol. The molecule has 2 aliphatic heterocycles. The third kappa shape index (κ3) is 11.0. The zero-order valence-electron chi connectivity index (χ0n) is 46.0. The Labute approximate surface area is 470 Å². The zero-order chi connectivity index (χ0) is 59.8. The first-order valence-electron chi connectivity index (χ1n) is 27.0. The molecule has 0 spiro atoms. The molecule has 0 unspecified atom stereocenters. The molecule has 6 aliphatic rings. The van der Waals surface area contributed by atoms with Crippen LogP contribution in [0.4, 0.5) is 0 Å². The summed E-state index contributed by atoms with van der Waals surface area (Å²) >= 11 is 0. The van der Waals surface area contributed by atoms with Crippen LogP contribution >= 0.6 is 0 Å². The van der Waals surface area contributed by atoms with Gasteiger partial charge >= 0.3 is 0 Å². The van der Waals surface area contributed by atoms with Crippen molar-refractivity contribution in [2.45, 2.75) is 134 Å². The fourth-order valence-corrected chi connectivity index (χ4v) is 11.9. The maximum atomic E-state index is 13.7. The highest BCUT2D eigenvalue weighted by molar-refractivity contribution is 6.32. The second kappa shape index (κ2) is 25.2. The first-order chi connectivity index (χ1) is 39.1. The van der Waals surface area contributed by atoms with Crippen LogP contribution in [0.3, 0.4) is 0 Å². The number of benzene rings is 4. The molecule has 23 nitrogen and oxygen atoms in total. The van der Waals surface area contributed by atoms with Crippen molar-refractivity contribution in [2.75, 3.05) is 34.0 Å². The molecule has 2 saturated heterocycles. The number of methoxy groups -OCH3 is 2. The van der Waals surface area contributed by atoms with Crippen molar-refractivity contribution in [3.05, 3.63) is 103 Å². The molecule has 82 heavy (non-hydrogen) atoms. The molecule has 0 saturated carbocycles. The fraction of sp³-hybridized carbons (Fsp3) is 0.475.